The highest BCUT2D eigenvalue weighted by Gasteiger charge is 2.12. The van der Waals surface area contributed by atoms with Gasteiger partial charge in [-0.2, -0.15) is 9.78 Å². The number of ether oxygens (including phenoxy) is 1. The Balaban J connectivity index is 1.63. The van der Waals surface area contributed by atoms with E-state index in [9.17, 15) is 4.79 Å². The molecule has 0 N–H and O–H groups in total. The Bertz CT molecular complexity index is 1410. The number of halogens is 3. The summed E-state index contributed by atoms with van der Waals surface area (Å²) in [6, 6.07) is 17.9. The van der Waals surface area contributed by atoms with Crippen LogP contribution in [0.4, 0.5) is 0 Å². The molecular formula is C26H22BrI2N3O2. The Labute approximate surface area is 234 Å². The first kappa shape index (κ1) is 25.3. The SMILES string of the molecule is CCCc1nc2ccc(Br)cc2c(=O)n1N=Cc1cc(I)c(OCc2ccc(C)cc2)c(I)c1. The molecule has 0 aliphatic heterocycles. The third kappa shape index (κ3) is 5.88. The Hall–Kier alpha value is -1.79. The maximum Gasteiger partial charge on any atom is 0.282 e. The van der Waals surface area contributed by atoms with Crippen LogP contribution in [0.3, 0.4) is 0 Å². The molecule has 3 aromatic carbocycles. The lowest BCUT2D eigenvalue weighted by atomic mass is 10.2. The molecule has 0 saturated carbocycles. The molecule has 34 heavy (non-hydrogen) atoms. The predicted molar refractivity (Wildman–Crippen MR) is 158 cm³/mol. The van der Waals surface area contributed by atoms with Gasteiger partial charge in [0.2, 0.25) is 0 Å². The summed E-state index contributed by atoms with van der Waals surface area (Å²) in [6.07, 6.45) is 3.24. The Morgan fingerprint density at radius 3 is 2.47 bits per heavy atom. The van der Waals surface area contributed by atoms with E-state index in [0.717, 1.165) is 34.9 Å². The van der Waals surface area contributed by atoms with Crippen LogP contribution in [0, 0.1) is 14.1 Å². The number of fused-ring (bicyclic) bond motifs is 1. The van der Waals surface area contributed by atoms with E-state index in [1.54, 1.807) is 12.3 Å². The molecule has 0 amide bonds. The first-order valence-electron chi connectivity index (χ1n) is 10.8. The molecule has 0 bridgehead atoms. The van der Waals surface area contributed by atoms with Gasteiger partial charge in [0.05, 0.1) is 24.3 Å². The number of hydrogen-bond acceptors (Lipinski definition) is 4. The van der Waals surface area contributed by atoms with Crippen LogP contribution in [0.5, 0.6) is 5.75 Å². The van der Waals surface area contributed by atoms with Crippen LogP contribution < -0.4 is 10.3 Å². The average molecular weight is 742 g/mol. The van der Waals surface area contributed by atoms with Gasteiger partial charge in [-0.05, 0) is 100.0 Å². The van der Waals surface area contributed by atoms with Crippen molar-refractivity contribution in [1.82, 2.24) is 9.66 Å². The zero-order valence-electron chi connectivity index (χ0n) is 18.7. The van der Waals surface area contributed by atoms with Gasteiger partial charge < -0.3 is 4.74 Å². The van der Waals surface area contributed by atoms with Crippen molar-refractivity contribution in [1.29, 1.82) is 0 Å². The first-order valence-corrected chi connectivity index (χ1v) is 13.7. The summed E-state index contributed by atoms with van der Waals surface area (Å²) in [7, 11) is 0. The van der Waals surface area contributed by atoms with Crippen LogP contribution in [-0.2, 0) is 13.0 Å². The van der Waals surface area contributed by atoms with E-state index in [2.05, 4.69) is 104 Å². The second-order valence-corrected chi connectivity index (χ2v) is 11.1. The van der Waals surface area contributed by atoms with Gasteiger partial charge in [-0.1, -0.05) is 52.7 Å². The molecule has 1 heterocycles. The minimum absolute atomic E-state index is 0.173. The molecule has 4 rings (SSSR count). The molecule has 0 unspecified atom stereocenters. The van der Waals surface area contributed by atoms with E-state index < -0.39 is 0 Å². The number of rotatable bonds is 7. The lowest BCUT2D eigenvalue weighted by Crippen LogP contribution is -2.22. The maximum atomic E-state index is 13.2. The van der Waals surface area contributed by atoms with Crippen molar-refractivity contribution >= 4 is 78.2 Å². The number of nitrogens with zero attached hydrogens (tertiary/aromatic N) is 3. The second-order valence-electron chi connectivity index (χ2n) is 7.89. The summed E-state index contributed by atoms with van der Waals surface area (Å²) in [4.78, 5) is 17.9. The van der Waals surface area contributed by atoms with Gasteiger partial charge in [-0.3, -0.25) is 4.79 Å². The molecule has 0 radical (unpaired) electrons. The number of benzene rings is 3. The molecule has 8 heteroatoms. The fourth-order valence-corrected chi connectivity index (χ4v) is 5.94. The molecular weight excluding hydrogens is 720 g/mol. The van der Waals surface area contributed by atoms with Gasteiger partial charge in [0, 0.05) is 10.9 Å². The zero-order chi connectivity index (χ0) is 24.2. The van der Waals surface area contributed by atoms with Crippen molar-refractivity contribution < 1.29 is 4.74 Å². The molecule has 0 aliphatic rings. The third-order valence-corrected chi connectivity index (χ3v) is 7.29. The minimum Gasteiger partial charge on any atom is -0.487 e. The van der Waals surface area contributed by atoms with Crippen molar-refractivity contribution in [2.75, 3.05) is 0 Å². The molecule has 0 aliphatic carbocycles. The maximum absolute atomic E-state index is 13.2. The Kier molecular flexibility index (Phi) is 8.41. The van der Waals surface area contributed by atoms with Crippen LogP contribution in [-0.4, -0.2) is 15.9 Å². The number of hydrogen-bond donors (Lipinski definition) is 0. The van der Waals surface area contributed by atoms with Crippen LogP contribution >= 0.6 is 61.1 Å². The van der Waals surface area contributed by atoms with Crippen LogP contribution in [0.25, 0.3) is 10.9 Å². The summed E-state index contributed by atoms with van der Waals surface area (Å²) in [6.45, 7) is 4.64. The smallest absolute Gasteiger partial charge is 0.282 e. The minimum atomic E-state index is -0.173. The molecule has 0 saturated heterocycles. The van der Waals surface area contributed by atoms with Gasteiger partial charge >= 0.3 is 0 Å². The number of aryl methyl sites for hydroxylation is 2. The van der Waals surface area contributed by atoms with Gasteiger partial charge in [0.15, 0.2) is 0 Å². The molecule has 5 nitrogen and oxygen atoms in total. The second kappa shape index (κ2) is 11.3. The van der Waals surface area contributed by atoms with E-state index in [4.69, 9.17) is 9.72 Å². The lowest BCUT2D eigenvalue weighted by molar-refractivity contribution is 0.301. The topological polar surface area (TPSA) is 56.5 Å². The summed E-state index contributed by atoms with van der Waals surface area (Å²) in [5.41, 5.74) is 3.75. The summed E-state index contributed by atoms with van der Waals surface area (Å²) in [5.74, 6) is 1.50. The fraction of sp³-hybridized carbons (Fsp3) is 0.192. The normalized spacial score (nSPS) is 11.4. The van der Waals surface area contributed by atoms with E-state index in [1.807, 2.05) is 24.3 Å². The van der Waals surface area contributed by atoms with Crippen molar-refractivity contribution in [2.45, 2.75) is 33.3 Å². The molecule has 0 spiro atoms. The van der Waals surface area contributed by atoms with E-state index in [-0.39, 0.29) is 5.56 Å². The zero-order valence-corrected chi connectivity index (χ0v) is 24.6. The Morgan fingerprint density at radius 1 is 1.09 bits per heavy atom. The third-order valence-electron chi connectivity index (χ3n) is 5.20. The lowest BCUT2D eigenvalue weighted by Gasteiger charge is -2.12. The van der Waals surface area contributed by atoms with Crippen molar-refractivity contribution in [3.8, 4) is 5.75 Å². The fourth-order valence-electron chi connectivity index (χ4n) is 3.46. The van der Waals surface area contributed by atoms with Gasteiger partial charge in [-0.15, -0.1) is 0 Å². The Morgan fingerprint density at radius 2 is 1.79 bits per heavy atom. The van der Waals surface area contributed by atoms with E-state index >= 15 is 0 Å². The number of aromatic nitrogens is 2. The van der Waals surface area contributed by atoms with Gasteiger partial charge in [0.1, 0.15) is 18.2 Å². The standard InChI is InChI=1S/C26H22BrI2N3O2/c1-3-4-24-31-23-10-9-19(27)13-20(23)26(33)32(24)30-14-18-11-21(28)25(22(29)12-18)34-15-17-7-5-16(2)6-8-17/h5-14H,3-4,15H2,1-2H3. The molecule has 1 aromatic heterocycles. The van der Waals surface area contributed by atoms with Crippen LogP contribution in [0.2, 0.25) is 0 Å². The summed E-state index contributed by atoms with van der Waals surface area (Å²) >= 11 is 8.00. The predicted octanol–water partition coefficient (Wildman–Crippen LogP) is 7.09. The highest BCUT2D eigenvalue weighted by molar-refractivity contribution is 14.1. The molecule has 4 aromatic rings. The van der Waals surface area contributed by atoms with Crippen molar-refractivity contribution in [3.05, 3.63) is 99.1 Å². The van der Waals surface area contributed by atoms with Crippen LogP contribution in [0.1, 0.15) is 35.9 Å². The summed E-state index contributed by atoms with van der Waals surface area (Å²) in [5, 5.41) is 5.08. The van der Waals surface area contributed by atoms with E-state index in [0.29, 0.717) is 29.8 Å². The largest absolute Gasteiger partial charge is 0.487 e. The molecule has 174 valence electrons. The highest BCUT2D eigenvalue weighted by Crippen LogP contribution is 2.29. The average Bonchev–Trinajstić information content (AvgIpc) is 2.80. The molecule has 0 fully saturated rings. The van der Waals surface area contributed by atoms with E-state index in [1.165, 1.54) is 10.2 Å². The molecule has 0 atom stereocenters. The first-order chi connectivity index (χ1) is 16.4. The monoisotopic (exact) mass is 741 g/mol. The van der Waals surface area contributed by atoms with Gasteiger partial charge in [-0.25, -0.2) is 4.98 Å². The van der Waals surface area contributed by atoms with Crippen LogP contribution in [0.15, 0.2) is 69.0 Å². The van der Waals surface area contributed by atoms with Crippen molar-refractivity contribution in [3.63, 3.8) is 0 Å². The summed E-state index contributed by atoms with van der Waals surface area (Å²) < 4.78 is 10.3. The van der Waals surface area contributed by atoms with Gasteiger partial charge in [0.25, 0.3) is 5.56 Å². The quantitative estimate of drug-likeness (QED) is 0.150. The van der Waals surface area contributed by atoms with Crippen molar-refractivity contribution in [2.24, 2.45) is 5.10 Å². The highest BCUT2D eigenvalue weighted by atomic mass is 127.